The monoisotopic (exact) mass is 344 g/mol. The van der Waals surface area contributed by atoms with Crippen LogP contribution in [0.5, 0.6) is 5.88 Å². The smallest absolute Gasteiger partial charge is 0.312 e. The van der Waals surface area contributed by atoms with E-state index in [2.05, 4.69) is 9.97 Å². The zero-order chi connectivity index (χ0) is 16.8. The Morgan fingerprint density at radius 2 is 2.30 bits per heavy atom. The molecule has 11 heteroatoms. The second kappa shape index (κ2) is 5.69. The predicted molar refractivity (Wildman–Crippen MR) is 80.3 cm³/mol. The van der Waals surface area contributed by atoms with Gasteiger partial charge in [0, 0.05) is 0 Å². The maximum absolute atomic E-state index is 12.4. The summed E-state index contributed by atoms with van der Waals surface area (Å²) < 4.78 is 11.7. The molecule has 0 bridgehead atoms. The number of nitrogens with zero attached hydrogens (tertiary/aromatic N) is 3. The van der Waals surface area contributed by atoms with Gasteiger partial charge in [-0.2, -0.15) is 9.97 Å². The first-order valence-corrected chi connectivity index (χ1v) is 7.69. The van der Waals surface area contributed by atoms with Crippen LogP contribution in [-0.2, 0) is 10.5 Å². The zero-order valence-electron chi connectivity index (χ0n) is 12.2. The number of thiazole rings is 1. The van der Waals surface area contributed by atoms with E-state index in [0.717, 1.165) is 15.9 Å². The molecule has 3 atom stereocenters. The van der Waals surface area contributed by atoms with Crippen molar-refractivity contribution >= 4 is 27.6 Å². The van der Waals surface area contributed by atoms with Gasteiger partial charge < -0.3 is 30.5 Å². The summed E-state index contributed by atoms with van der Waals surface area (Å²) in [6.07, 6.45) is -2.51. The topological polar surface area (TPSA) is 153 Å². The fourth-order valence-electron chi connectivity index (χ4n) is 2.52. The summed E-state index contributed by atoms with van der Waals surface area (Å²) in [7, 11) is 0. The highest BCUT2D eigenvalue weighted by Crippen LogP contribution is 2.34. The quantitative estimate of drug-likeness (QED) is 0.504. The van der Waals surface area contributed by atoms with Gasteiger partial charge in [0.1, 0.15) is 16.9 Å². The van der Waals surface area contributed by atoms with E-state index in [4.69, 9.17) is 20.3 Å². The van der Waals surface area contributed by atoms with E-state index in [1.54, 1.807) is 6.92 Å². The van der Waals surface area contributed by atoms with Crippen LogP contribution in [0, 0.1) is 0 Å². The minimum absolute atomic E-state index is 0.0414. The first-order valence-electron chi connectivity index (χ1n) is 6.87. The van der Waals surface area contributed by atoms with Crippen molar-refractivity contribution in [1.29, 1.82) is 0 Å². The second-order valence-corrected chi connectivity index (χ2v) is 5.99. The number of nitrogen functional groups attached to an aromatic ring is 1. The Morgan fingerprint density at radius 3 is 2.91 bits per heavy atom. The van der Waals surface area contributed by atoms with E-state index in [1.165, 1.54) is 0 Å². The molecule has 1 fully saturated rings. The fourth-order valence-corrected chi connectivity index (χ4v) is 3.45. The van der Waals surface area contributed by atoms with Crippen LogP contribution in [0.15, 0.2) is 4.79 Å². The van der Waals surface area contributed by atoms with E-state index in [0.29, 0.717) is 11.3 Å². The third-order valence-corrected chi connectivity index (χ3v) is 4.52. The van der Waals surface area contributed by atoms with Crippen LogP contribution in [0.25, 0.3) is 10.3 Å². The minimum atomic E-state index is -2.06. The number of anilines is 1. The molecule has 0 saturated carbocycles. The Bertz CT molecular complexity index is 792. The average molecular weight is 344 g/mol. The summed E-state index contributed by atoms with van der Waals surface area (Å²) in [6.45, 7) is 1.18. The molecule has 3 heterocycles. The summed E-state index contributed by atoms with van der Waals surface area (Å²) in [5.41, 5.74) is 3.61. The van der Waals surface area contributed by atoms with Gasteiger partial charge in [-0.15, -0.1) is 0 Å². The Kier molecular flexibility index (Phi) is 3.98. The molecular formula is C12H16N4O6S. The molecule has 1 aliphatic heterocycles. The number of aliphatic hydroxyl groups excluding tert-OH is 2. The van der Waals surface area contributed by atoms with Crippen LogP contribution >= 0.6 is 11.3 Å². The van der Waals surface area contributed by atoms with Gasteiger partial charge in [0.25, 0.3) is 0 Å². The largest absolute Gasteiger partial charge is 0.477 e. The van der Waals surface area contributed by atoms with Crippen molar-refractivity contribution in [2.24, 2.45) is 0 Å². The van der Waals surface area contributed by atoms with Crippen molar-refractivity contribution in [3.05, 3.63) is 9.67 Å². The maximum atomic E-state index is 12.4. The Morgan fingerprint density at radius 1 is 1.57 bits per heavy atom. The normalized spacial score (nSPS) is 27.7. The van der Waals surface area contributed by atoms with Crippen LogP contribution in [0.1, 0.15) is 6.92 Å². The molecular weight excluding hydrogens is 328 g/mol. The number of hydrogen-bond donors (Lipinski definition) is 4. The molecule has 3 rings (SSSR count). The molecule has 10 nitrogen and oxygen atoms in total. The highest BCUT2D eigenvalue weighted by Gasteiger charge is 2.51. The number of nitrogens with two attached hydrogens (primary N) is 1. The van der Waals surface area contributed by atoms with Crippen LogP contribution in [0.4, 0.5) is 5.95 Å². The molecule has 5 N–H and O–H groups in total. The number of aliphatic hydroxyl groups is 3. The standard InChI is InChI=1S/C12H16N4O6S/c1-2-21-9-6-8(14-10(13)15-9)16(11(19)23-6)12(20)4-22-5(3-17)7(12)18/h5,7,17-18,20H,2-4H2,1H3,(H2,13,14,15)/t5-,7-,12-/m1/s1. The summed E-state index contributed by atoms with van der Waals surface area (Å²) in [4.78, 5) is 19.7. The first kappa shape index (κ1) is 16.1. The molecule has 0 unspecified atom stereocenters. The third kappa shape index (κ3) is 2.37. The highest BCUT2D eigenvalue weighted by molar-refractivity contribution is 7.16. The van der Waals surface area contributed by atoms with Gasteiger partial charge in [0.2, 0.25) is 11.8 Å². The summed E-state index contributed by atoms with van der Waals surface area (Å²) >= 11 is 0.763. The van der Waals surface area contributed by atoms with Gasteiger partial charge in [-0.25, -0.2) is 4.57 Å². The van der Waals surface area contributed by atoms with E-state index in [1.807, 2.05) is 0 Å². The first-order chi connectivity index (χ1) is 10.9. The minimum Gasteiger partial charge on any atom is -0.477 e. The van der Waals surface area contributed by atoms with Crippen molar-refractivity contribution in [2.75, 3.05) is 25.6 Å². The van der Waals surface area contributed by atoms with E-state index in [-0.39, 0.29) is 24.1 Å². The Balaban J connectivity index is 2.23. The van der Waals surface area contributed by atoms with Gasteiger partial charge in [0.05, 0.1) is 19.8 Å². The van der Waals surface area contributed by atoms with Gasteiger partial charge >= 0.3 is 4.87 Å². The van der Waals surface area contributed by atoms with Crippen molar-refractivity contribution in [3.63, 3.8) is 0 Å². The molecule has 0 spiro atoms. The van der Waals surface area contributed by atoms with Gasteiger partial charge in [-0.1, -0.05) is 11.3 Å². The second-order valence-electron chi connectivity index (χ2n) is 5.03. The van der Waals surface area contributed by atoms with E-state index >= 15 is 0 Å². The Hall–Kier alpha value is -1.79. The highest BCUT2D eigenvalue weighted by atomic mass is 32.1. The van der Waals surface area contributed by atoms with Crippen LogP contribution in [0.3, 0.4) is 0 Å². The van der Waals surface area contributed by atoms with E-state index in [9.17, 15) is 15.0 Å². The number of fused-ring (bicyclic) bond motifs is 1. The number of rotatable bonds is 4. The molecule has 1 saturated heterocycles. The average Bonchev–Trinajstić information content (AvgIpc) is 2.98. The number of aromatic nitrogens is 3. The molecule has 0 radical (unpaired) electrons. The molecule has 0 amide bonds. The van der Waals surface area contributed by atoms with Gasteiger partial charge in [-0.3, -0.25) is 4.79 Å². The summed E-state index contributed by atoms with van der Waals surface area (Å²) in [5.74, 6) is -0.00484. The molecule has 1 aliphatic rings. The zero-order valence-corrected chi connectivity index (χ0v) is 13.0. The SMILES string of the molecule is CCOc1nc(N)nc2c1sc(=O)n2[C@@]1(O)CO[C@H](CO)[C@H]1O. The van der Waals surface area contributed by atoms with Crippen LogP contribution in [-0.4, -0.2) is 61.9 Å². The molecule has 0 aliphatic carbocycles. The van der Waals surface area contributed by atoms with E-state index < -0.39 is 29.4 Å². The van der Waals surface area contributed by atoms with Crippen molar-refractivity contribution in [2.45, 2.75) is 24.9 Å². The van der Waals surface area contributed by atoms with Gasteiger partial charge in [-0.05, 0) is 6.92 Å². The molecule has 0 aromatic carbocycles. The maximum Gasteiger partial charge on any atom is 0.312 e. The lowest BCUT2D eigenvalue weighted by molar-refractivity contribution is -0.111. The number of hydrogen-bond acceptors (Lipinski definition) is 10. The molecule has 23 heavy (non-hydrogen) atoms. The van der Waals surface area contributed by atoms with Crippen LogP contribution in [0.2, 0.25) is 0 Å². The third-order valence-electron chi connectivity index (χ3n) is 3.60. The Labute approximate surface area is 133 Å². The predicted octanol–water partition coefficient (Wildman–Crippen LogP) is -1.77. The lowest BCUT2D eigenvalue weighted by Crippen LogP contribution is -2.50. The van der Waals surface area contributed by atoms with Crippen LogP contribution < -0.4 is 15.3 Å². The summed E-state index contributed by atoms with van der Waals surface area (Å²) in [6, 6.07) is 0. The van der Waals surface area contributed by atoms with Gasteiger partial charge in [0.15, 0.2) is 11.4 Å². The van der Waals surface area contributed by atoms with Crippen molar-refractivity contribution in [3.8, 4) is 5.88 Å². The lowest BCUT2D eigenvalue weighted by Gasteiger charge is -2.27. The molecule has 2 aromatic heterocycles. The fraction of sp³-hybridized carbons (Fsp3) is 0.583. The lowest BCUT2D eigenvalue weighted by atomic mass is 10.1. The van der Waals surface area contributed by atoms with Crippen molar-refractivity contribution < 1.29 is 24.8 Å². The molecule has 126 valence electrons. The number of ether oxygens (including phenoxy) is 2. The van der Waals surface area contributed by atoms with Crippen molar-refractivity contribution in [1.82, 2.24) is 14.5 Å². The summed E-state index contributed by atoms with van der Waals surface area (Å²) in [5, 5.41) is 30.1. The molecule has 2 aromatic rings.